The molecule has 6 heteroatoms. The molecular weight excluding hydrogens is 271 g/mol. The molecule has 1 rings (SSSR count). The third-order valence-electron chi connectivity index (χ3n) is 2.63. The summed E-state index contributed by atoms with van der Waals surface area (Å²) < 4.78 is 48.0. The van der Waals surface area contributed by atoms with Gasteiger partial charge in [-0.2, -0.15) is 13.2 Å². The quantitative estimate of drug-likeness (QED) is 0.747. The molecule has 0 saturated heterocycles. The van der Waals surface area contributed by atoms with Crippen molar-refractivity contribution in [3.8, 4) is 5.75 Å². The highest BCUT2D eigenvalue weighted by Gasteiger charge is 2.30. The predicted molar refractivity (Wildman–Crippen MR) is 70.9 cm³/mol. The second-order valence-corrected chi connectivity index (χ2v) is 4.50. The van der Waals surface area contributed by atoms with Crippen LogP contribution in [0.4, 0.5) is 13.2 Å². The molecule has 1 atom stereocenters. The Morgan fingerprint density at radius 2 is 2.05 bits per heavy atom. The van der Waals surface area contributed by atoms with E-state index in [0.717, 1.165) is 25.1 Å². The Balaban J connectivity index is 2.40. The van der Waals surface area contributed by atoms with Crippen LogP contribution in [0.15, 0.2) is 24.3 Å². The van der Waals surface area contributed by atoms with Gasteiger partial charge in [0.05, 0.1) is 5.56 Å². The second-order valence-electron chi connectivity index (χ2n) is 4.50. The maximum absolute atomic E-state index is 12.5. The molecule has 0 aliphatic rings. The van der Waals surface area contributed by atoms with Crippen molar-refractivity contribution < 1.29 is 22.6 Å². The molecule has 1 aromatic carbocycles. The molecule has 0 spiro atoms. The third kappa shape index (κ3) is 6.25. The first-order valence-corrected chi connectivity index (χ1v) is 6.47. The van der Waals surface area contributed by atoms with Crippen molar-refractivity contribution in [2.24, 2.45) is 0 Å². The van der Waals surface area contributed by atoms with Crippen molar-refractivity contribution in [3.05, 3.63) is 29.8 Å². The topological polar surface area (TPSA) is 30.5 Å². The molecule has 20 heavy (non-hydrogen) atoms. The van der Waals surface area contributed by atoms with E-state index < -0.39 is 11.7 Å². The van der Waals surface area contributed by atoms with Crippen LogP contribution >= 0.6 is 0 Å². The first kappa shape index (κ1) is 16.8. The molecule has 1 aromatic rings. The normalized spacial score (nSPS) is 13.2. The van der Waals surface area contributed by atoms with Crippen LogP contribution < -0.4 is 10.1 Å². The molecule has 1 unspecified atom stereocenters. The first-order chi connectivity index (χ1) is 9.43. The third-order valence-corrected chi connectivity index (χ3v) is 2.63. The summed E-state index contributed by atoms with van der Waals surface area (Å²) >= 11 is 0. The molecule has 0 heterocycles. The lowest BCUT2D eigenvalue weighted by atomic mass is 10.2. The van der Waals surface area contributed by atoms with Gasteiger partial charge in [0.25, 0.3) is 0 Å². The first-order valence-electron chi connectivity index (χ1n) is 6.47. The molecule has 0 aliphatic heterocycles. The number of methoxy groups -OCH3 is 1. The van der Waals surface area contributed by atoms with Gasteiger partial charge in [0.1, 0.15) is 11.9 Å². The van der Waals surface area contributed by atoms with Gasteiger partial charge in [-0.05, 0) is 38.1 Å². The minimum absolute atomic E-state index is 0.207. The van der Waals surface area contributed by atoms with Crippen LogP contribution in [0.2, 0.25) is 0 Å². The highest BCUT2D eigenvalue weighted by atomic mass is 19.4. The van der Waals surface area contributed by atoms with Gasteiger partial charge in [-0.25, -0.2) is 0 Å². The van der Waals surface area contributed by atoms with Crippen molar-refractivity contribution in [1.29, 1.82) is 0 Å². The van der Waals surface area contributed by atoms with Crippen molar-refractivity contribution in [2.75, 3.05) is 26.8 Å². The van der Waals surface area contributed by atoms with Crippen LogP contribution in [0.25, 0.3) is 0 Å². The number of hydrogen-bond donors (Lipinski definition) is 1. The van der Waals surface area contributed by atoms with Crippen molar-refractivity contribution in [2.45, 2.75) is 25.6 Å². The smallest absolute Gasteiger partial charge is 0.416 e. The maximum Gasteiger partial charge on any atom is 0.416 e. The Morgan fingerprint density at radius 1 is 1.30 bits per heavy atom. The van der Waals surface area contributed by atoms with E-state index in [0.29, 0.717) is 13.2 Å². The Bertz CT molecular complexity index is 396. The van der Waals surface area contributed by atoms with Crippen LogP contribution in [0.3, 0.4) is 0 Å². The number of alkyl halides is 3. The highest BCUT2D eigenvalue weighted by molar-refractivity contribution is 5.30. The number of nitrogens with one attached hydrogen (secondary N) is 1. The van der Waals surface area contributed by atoms with Gasteiger partial charge >= 0.3 is 6.18 Å². The predicted octanol–water partition coefficient (Wildman–Crippen LogP) is 3.10. The van der Waals surface area contributed by atoms with E-state index in [1.54, 1.807) is 7.11 Å². The number of ether oxygens (including phenoxy) is 2. The summed E-state index contributed by atoms with van der Waals surface area (Å²) in [6, 6.07) is 4.91. The van der Waals surface area contributed by atoms with Crippen molar-refractivity contribution >= 4 is 0 Å². The lowest BCUT2D eigenvalue weighted by Gasteiger charge is -2.16. The molecule has 0 fully saturated rings. The summed E-state index contributed by atoms with van der Waals surface area (Å²) in [7, 11) is 1.64. The number of halogens is 3. The zero-order valence-corrected chi connectivity index (χ0v) is 11.7. The van der Waals surface area contributed by atoms with Crippen molar-refractivity contribution in [1.82, 2.24) is 5.32 Å². The molecule has 0 saturated carbocycles. The van der Waals surface area contributed by atoms with Crippen LogP contribution in [0.1, 0.15) is 18.9 Å². The maximum atomic E-state index is 12.5. The standard InChI is InChI=1S/C14H20F3NO2/c1-11(10-18-7-4-8-19-2)20-13-6-3-5-12(9-13)14(15,16)17/h3,5-6,9,11,18H,4,7-8,10H2,1-2H3. The van der Waals surface area contributed by atoms with E-state index in [1.807, 2.05) is 6.92 Å². The average Bonchev–Trinajstić information content (AvgIpc) is 2.38. The number of rotatable bonds is 8. The molecular formula is C14H20F3NO2. The van der Waals surface area contributed by atoms with Gasteiger partial charge in [0.15, 0.2) is 0 Å². The average molecular weight is 291 g/mol. The zero-order chi connectivity index (χ0) is 15.0. The van der Waals surface area contributed by atoms with E-state index in [9.17, 15) is 13.2 Å². The van der Waals surface area contributed by atoms with Crippen LogP contribution in [0, 0.1) is 0 Å². The fourth-order valence-electron chi connectivity index (χ4n) is 1.67. The zero-order valence-electron chi connectivity index (χ0n) is 11.7. The van der Waals surface area contributed by atoms with Gasteiger partial charge in [-0.3, -0.25) is 0 Å². The molecule has 1 N–H and O–H groups in total. The highest BCUT2D eigenvalue weighted by Crippen LogP contribution is 2.31. The summed E-state index contributed by atoms with van der Waals surface area (Å²) in [5.74, 6) is 0.228. The second kappa shape index (κ2) is 8.11. The number of benzene rings is 1. The van der Waals surface area contributed by atoms with Gasteiger partial charge in [-0.15, -0.1) is 0 Å². The summed E-state index contributed by atoms with van der Waals surface area (Å²) in [6.07, 6.45) is -3.67. The van der Waals surface area contributed by atoms with Crippen LogP contribution in [-0.4, -0.2) is 32.9 Å². The minimum Gasteiger partial charge on any atom is -0.489 e. The molecule has 0 bridgehead atoms. The Kier molecular flexibility index (Phi) is 6.81. The van der Waals surface area contributed by atoms with Crippen molar-refractivity contribution in [3.63, 3.8) is 0 Å². The van der Waals surface area contributed by atoms with E-state index >= 15 is 0 Å². The Hall–Kier alpha value is -1.27. The SMILES string of the molecule is COCCCNCC(C)Oc1cccc(C(F)(F)F)c1. The lowest BCUT2D eigenvalue weighted by molar-refractivity contribution is -0.137. The summed E-state index contributed by atoms with van der Waals surface area (Å²) in [4.78, 5) is 0. The Labute approximate surface area is 117 Å². The van der Waals surface area contributed by atoms with E-state index in [-0.39, 0.29) is 11.9 Å². The minimum atomic E-state index is -4.35. The van der Waals surface area contributed by atoms with Crippen LogP contribution in [0.5, 0.6) is 5.75 Å². The molecule has 0 aromatic heterocycles. The van der Waals surface area contributed by atoms with Gasteiger partial charge < -0.3 is 14.8 Å². The monoisotopic (exact) mass is 291 g/mol. The number of hydrogen-bond acceptors (Lipinski definition) is 3. The molecule has 3 nitrogen and oxygen atoms in total. The largest absolute Gasteiger partial charge is 0.489 e. The lowest BCUT2D eigenvalue weighted by Crippen LogP contribution is -2.30. The van der Waals surface area contributed by atoms with E-state index in [4.69, 9.17) is 9.47 Å². The van der Waals surface area contributed by atoms with Gasteiger partial charge in [0.2, 0.25) is 0 Å². The van der Waals surface area contributed by atoms with Crippen LogP contribution in [-0.2, 0) is 10.9 Å². The fourth-order valence-corrected chi connectivity index (χ4v) is 1.67. The fraction of sp³-hybridized carbons (Fsp3) is 0.571. The van der Waals surface area contributed by atoms with Gasteiger partial charge in [0, 0.05) is 20.3 Å². The molecule has 0 aliphatic carbocycles. The summed E-state index contributed by atoms with van der Waals surface area (Å²) in [5, 5.41) is 3.16. The van der Waals surface area contributed by atoms with E-state index in [1.165, 1.54) is 12.1 Å². The summed E-state index contributed by atoms with van der Waals surface area (Å²) in [5.41, 5.74) is -0.699. The molecule has 0 amide bonds. The summed E-state index contributed by atoms with van der Waals surface area (Å²) in [6.45, 7) is 3.84. The molecule has 114 valence electrons. The van der Waals surface area contributed by atoms with Gasteiger partial charge in [-0.1, -0.05) is 6.07 Å². The Morgan fingerprint density at radius 3 is 2.70 bits per heavy atom. The van der Waals surface area contributed by atoms with E-state index in [2.05, 4.69) is 5.32 Å². The molecule has 0 radical (unpaired) electrons.